The van der Waals surface area contributed by atoms with Gasteiger partial charge in [-0.05, 0) is 38.0 Å². The minimum absolute atomic E-state index is 0.217. The Morgan fingerprint density at radius 1 is 1.41 bits per heavy atom. The van der Waals surface area contributed by atoms with Crippen LogP contribution in [0.5, 0.6) is 0 Å². The van der Waals surface area contributed by atoms with E-state index in [9.17, 15) is 4.79 Å². The predicted octanol–water partition coefficient (Wildman–Crippen LogP) is 1.78. The fourth-order valence-corrected chi connectivity index (χ4v) is 4.03. The zero-order valence-electron chi connectivity index (χ0n) is 10.7. The summed E-state index contributed by atoms with van der Waals surface area (Å²) in [6, 6.07) is 0.431. The van der Waals surface area contributed by atoms with Crippen molar-refractivity contribution in [1.29, 1.82) is 0 Å². The number of carbonyl (C=O) groups is 1. The smallest absolute Gasteiger partial charge is 0.224 e. The second kappa shape index (κ2) is 6.64. The molecule has 0 radical (unpaired) electrons. The Hall–Kier alpha value is -0.220. The van der Waals surface area contributed by atoms with E-state index in [1.165, 1.54) is 31.4 Å². The van der Waals surface area contributed by atoms with Gasteiger partial charge in [0.05, 0.1) is 5.92 Å². The van der Waals surface area contributed by atoms with E-state index in [2.05, 4.69) is 29.3 Å². The first-order chi connectivity index (χ1) is 8.29. The van der Waals surface area contributed by atoms with E-state index in [0.717, 1.165) is 24.8 Å². The monoisotopic (exact) mass is 256 g/mol. The summed E-state index contributed by atoms with van der Waals surface area (Å²) >= 11 is 2.05. The van der Waals surface area contributed by atoms with Crippen molar-refractivity contribution in [1.82, 2.24) is 10.6 Å². The maximum absolute atomic E-state index is 12.0. The number of nitrogens with one attached hydrogen (secondary N) is 2. The van der Waals surface area contributed by atoms with Crippen molar-refractivity contribution in [2.75, 3.05) is 18.8 Å². The maximum atomic E-state index is 12.0. The van der Waals surface area contributed by atoms with Crippen LogP contribution >= 0.6 is 11.8 Å². The zero-order chi connectivity index (χ0) is 12.1. The van der Waals surface area contributed by atoms with Gasteiger partial charge in [0, 0.05) is 17.8 Å². The average molecular weight is 256 g/mol. The highest BCUT2D eigenvalue weighted by atomic mass is 32.2. The molecule has 2 aliphatic rings. The lowest BCUT2D eigenvalue weighted by Gasteiger charge is -2.30. The van der Waals surface area contributed by atoms with Gasteiger partial charge in [0.2, 0.25) is 5.91 Å². The Morgan fingerprint density at radius 2 is 2.29 bits per heavy atom. The summed E-state index contributed by atoms with van der Waals surface area (Å²) in [4.78, 5) is 12.0. The molecular weight excluding hydrogens is 232 g/mol. The first kappa shape index (κ1) is 13.2. The highest BCUT2D eigenvalue weighted by Gasteiger charge is 2.27. The van der Waals surface area contributed by atoms with Crippen molar-refractivity contribution in [2.45, 2.75) is 50.3 Å². The van der Waals surface area contributed by atoms with Gasteiger partial charge < -0.3 is 10.6 Å². The fourth-order valence-electron chi connectivity index (χ4n) is 2.86. The van der Waals surface area contributed by atoms with Gasteiger partial charge in [-0.15, -0.1) is 0 Å². The molecule has 1 aliphatic carbocycles. The lowest BCUT2D eigenvalue weighted by atomic mass is 9.94. The lowest BCUT2D eigenvalue weighted by Crippen LogP contribution is -2.42. The molecule has 3 unspecified atom stereocenters. The summed E-state index contributed by atoms with van der Waals surface area (Å²) < 4.78 is 0. The van der Waals surface area contributed by atoms with Crippen molar-refractivity contribution >= 4 is 17.7 Å². The Labute approximate surface area is 108 Å². The van der Waals surface area contributed by atoms with Crippen LogP contribution in [-0.4, -0.2) is 36.0 Å². The largest absolute Gasteiger partial charge is 0.353 e. The van der Waals surface area contributed by atoms with Crippen LogP contribution in [0.15, 0.2) is 0 Å². The van der Waals surface area contributed by atoms with Crippen LogP contribution in [-0.2, 0) is 4.79 Å². The van der Waals surface area contributed by atoms with E-state index in [0.29, 0.717) is 6.04 Å². The number of hydrogen-bond acceptors (Lipinski definition) is 3. The number of amides is 1. The topological polar surface area (TPSA) is 41.1 Å². The molecule has 1 amide bonds. The summed E-state index contributed by atoms with van der Waals surface area (Å²) in [5.74, 6) is 1.69. The molecule has 3 atom stereocenters. The Kier molecular flexibility index (Phi) is 5.16. The van der Waals surface area contributed by atoms with Gasteiger partial charge in [-0.2, -0.15) is 11.8 Å². The third kappa shape index (κ3) is 3.88. The maximum Gasteiger partial charge on any atom is 0.224 e. The Bertz CT molecular complexity index is 252. The van der Waals surface area contributed by atoms with E-state index in [4.69, 9.17) is 0 Å². The van der Waals surface area contributed by atoms with Crippen LogP contribution in [0.4, 0.5) is 0 Å². The van der Waals surface area contributed by atoms with E-state index >= 15 is 0 Å². The standard InChI is InChI=1S/C13H24N2OS/c1-2-17-12-5-3-4-11(8-12)15-13(16)10-6-7-14-9-10/h10-12,14H,2-9H2,1H3,(H,15,16). The molecule has 0 aromatic rings. The van der Waals surface area contributed by atoms with Crippen LogP contribution in [0.2, 0.25) is 0 Å². The third-order valence-electron chi connectivity index (χ3n) is 3.81. The quantitative estimate of drug-likeness (QED) is 0.805. The Balaban J connectivity index is 1.75. The first-order valence-electron chi connectivity index (χ1n) is 6.92. The van der Waals surface area contributed by atoms with Gasteiger partial charge >= 0.3 is 0 Å². The number of hydrogen-bond donors (Lipinski definition) is 2. The molecule has 1 saturated heterocycles. The minimum Gasteiger partial charge on any atom is -0.353 e. The second-order valence-corrected chi connectivity index (χ2v) is 6.72. The third-order valence-corrected chi connectivity index (χ3v) is 5.04. The molecule has 2 N–H and O–H groups in total. The van der Waals surface area contributed by atoms with Crippen LogP contribution in [0.1, 0.15) is 39.0 Å². The summed E-state index contributed by atoms with van der Waals surface area (Å²) in [6.45, 7) is 4.08. The molecule has 0 spiro atoms. The number of carbonyl (C=O) groups excluding carboxylic acids is 1. The van der Waals surface area contributed by atoms with E-state index in [1.807, 2.05) is 0 Å². The molecule has 1 aliphatic heterocycles. The molecule has 1 saturated carbocycles. The molecule has 2 rings (SSSR count). The lowest BCUT2D eigenvalue weighted by molar-refractivity contribution is -0.125. The molecule has 3 nitrogen and oxygen atoms in total. The van der Waals surface area contributed by atoms with Crippen molar-refractivity contribution in [3.63, 3.8) is 0 Å². The van der Waals surface area contributed by atoms with Crippen molar-refractivity contribution in [2.24, 2.45) is 5.92 Å². The molecule has 17 heavy (non-hydrogen) atoms. The molecule has 2 fully saturated rings. The molecule has 1 heterocycles. The van der Waals surface area contributed by atoms with Crippen LogP contribution in [0.3, 0.4) is 0 Å². The van der Waals surface area contributed by atoms with E-state index < -0.39 is 0 Å². The highest BCUT2D eigenvalue weighted by molar-refractivity contribution is 7.99. The summed E-state index contributed by atoms with van der Waals surface area (Å²) in [6.07, 6.45) is 5.95. The van der Waals surface area contributed by atoms with Crippen molar-refractivity contribution < 1.29 is 4.79 Å². The van der Waals surface area contributed by atoms with Crippen molar-refractivity contribution in [3.8, 4) is 0 Å². The second-order valence-electron chi connectivity index (χ2n) is 5.14. The molecule has 0 bridgehead atoms. The van der Waals surface area contributed by atoms with E-state index in [1.54, 1.807) is 0 Å². The molecule has 0 aromatic heterocycles. The fraction of sp³-hybridized carbons (Fsp3) is 0.923. The molecule has 0 aromatic carbocycles. The minimum atomic E-state index is 0.217. The van der Waals surface area contributed by atoms with Crippen LogP contribution in [0.25, 0.3) is 0 Å². The normalized spacial score (nSPS) is 33.6. The SMILES string of the molecule is CCSC1CCCC(NC(=O)C2CCNC2)C1. The zero-order valence-corrected chi connectivity index (χ0v) is 11.5. The Morgan fingerprint density at radius 3 is 3.00 bits per heavy atom. The van der Waals surface area contributed by atoms with Gasteiger partial charge in [0.25, 0.3) is 0 Å². The molecule has 4 heteroatoms. The van der Waals surface area contributed by atoms with Gasteiger partial charge in [0.15, 0.2) is 0 Å². The van der Waals surface area contributed by atoms with E-state index in [-0.39, 0.29) is 11.8 Å². The first-order valence-corrected chi connectivity index (χ1v) is 7.97. The van der Waals surface area contributed by atoms with Crippen LogP contribution < -0.4 is 10.6 Å². The number of rotatable bonds is 4. The number of thioether (sulfide) groups is 1. The van der Waals surface area contributed by atoms with Crippen LogP contribution in [0, 0.1) is 5.92 Å². The molecule has 98 valence electrons. The van der Waals surface area contributed by atoms with Crippen molar-refractivity contribution in [3.05, 3.63) is 0 Å². The molecular formula is C13H24N2OS. The predicted molar refractivity (Wildman–Crippen MR) is 73.3 cm³/mol. The summed E-state index contributed by atoms with van der Waals surface area (Å²) in [5, 5.41) is 7.28. The van der Waals surface area contributed by atoms with Gasteiger partial charge in [-0.3, -0.25) is 4.79 Å². The average Bonchev–Trinajstić information content (AvgIpc) is 2.83. The summed E-state index contributed by atoms with van der Waals surface area (Å²) in [7, 11) is 0. The van der Waals surface area contributed by atoms with Gasteiger partial charge in [0.1, 0.15) is 0 Å². The summed E-state index contributed by atoms with van der Waals surface area (Å²) in [5.41, 5.74) is 0. The highest BCUT2D eigenvalue weighted by Crippen LogP contribution is 2.28. The van der Waals surface area contributed by atoms with Gasteiger partial charge in [-0.1, -0.05) is 13.3 Å². The van der Waals surface area contributed by atoms with Gasteiger partial charge in [-0.25, -0.2) is 0 Å².